The molecule has 0 aliphatic rings. The van der Waals surface area contributed by atoms with E-state index in [1.807, 2.05) is 0 Å². The van der Waals surface area contributed by atoms with E-state index in [2.05, 4.69) is 15.3 Å². The van der Waals surface area contributed by atoms with Gasteiger partial charge in [-0.1, -0.05) is 0 Å². The van der Waals surface area contributed by atoms with Crippen LogP contribution in [0.15, 0.2) is 52.9 Å². The second-order valence-corrected chi connectivity index (χ2v) is 8.70. The molecule has 10 nitrogen and oxygen atoms in total. The van der Waals surface area contributed by atoms with Crippen molar-refractivity contribution < 1.29 is 41.4 Å². The number of pyridine rings is 1. The number of hydrogen-bond donors (Lipinski definition) is 4. The standard InChI is InChI=1S/C26H23F4N5O5/c1-2-39-22-15(11-20(31)36)10-19(35-21(22)13-3-6-16(27)7-4-13)25(38,26(28,29)30)12-33-23(37)14-5-8-18-17(9-14)34-24(32)40-18/h3-10,38H,2,11-12H2,1H3,(H2,31,36)(H2,32,34)(H,33,37)/t25-/m0/s1. The highest BCUT2D eigenvalue weighted by Crippen LogP contribution is 2.42. The van der Waals surface area contributed by atoms with Crippen molar-refractivity contribution in [2.24, 2.45) is 5.73 Å². The van der Waals surface area contributed by atoms with E-state index in [1.165, 1.54) is 30.3 Å². The summed E-state index contributed by atoms with van der Waals surface area (Å²) in [6, 6.07) is 9.19. The predicted octanol–water partition coefficient (Wildman–Crippen LogP) is 3.22. The van der Waals surface area contributed by atoms with E-state index in [-0.39, 0.29) is 51.9 Å². The van der Waals surface area contributed by atoms with E-state index < -0.39 is 48.1 Å². The minimum atomic E-state index is -5.35. The van der Waals surface area contributed by atoms with Crippen LogP contribution in [0.3, 0.4) is 0 Å². The highest BCUT2D eigenvalue weighted by Gasteiger charge is 2.56. The fraction of sp³-hybridized carbons (Fsp3) is 0.231. The highest BCUT2D eigenvalue weighted by atomic mass is 19.4. The summed E-state index contributed by atoms with van der Waals surface area (Å²) in [5.74, 6) is -2.54. The SMILES string of the molecule is CCOc1c(CC(N)=O)cc([C@@](O)(CNC(=O)c2ccc3oc(N)nc3c2)C(F)(F)F)nc1-c1ccc(F)cc1. The molecule has 0 radical (unpaired) electrons. The van der Waals surface area contributed by atoms with Crippen LogP contribution in [0.1, 0.15) is 28.5 Å². The quantitative estimate of drug-likeness (QED) is 0.226. The molecule has 2 aromatic carbocycles. The number of anilines is 1. The van der Waals surface area contributed by atoms with Gasteiger partial charge in [-0.05, 0) is 55.5 Å². The molecule has 0 bridgehead atoms. The van der Waals surface area contributed by atoms with Crippen LogP contribution in [-0.2, 0) is 16.8 Å². The number of benzene rings is 2. The van der Waals surface area contributed by atoms with E-state index in [0.29, 0.717) is 0 Å². The molecule has 4 aromatic rings. The van der Waals surface area contributed by atoms with E-state index in [9.17, 15) is 32.3 Å². The van der Waals surface area contributed by atoms with Crippen LogP contribution < -0.4 is 21.5 Å². The first-order valence-corrected chi connectivity index (χ1v) is 11.8. The van der Waals surface area contributed by atoms with Crippen LogP contribution in [-0.4, -0.2) is 46.2 Å². The average Bonchev–Trinajstić information content (AvgIpc) is 3.26. The number of nitrogens with two attached hydrogens (primary N) is 2. The fourth-order valence-corrected chi connectivity index (χ4v) is 3.96. The molecular weight excluding hydrogens is 538 g/mol. The van der Waals surface area contributed by atoms with Gasteiger partial charge in [-0.3, -0.25) is 9.59 Å². The summed E-state index contributed by atoms with van der Waals surface area (Å²) >= 11 is 0. The Morgan fingerprint density at radius 3 is 2.42 bits per heavy atom. The van der Waals surface area contributed by atoms with Crippen molar-refractivity contribution in [1.29, 1.82) is 0 Å². The molecule has 2 aromatic heterocycles. The Morgan fingerprint density at radius 2 is 1.80 bits per heavy atom. The normalized spacial score (nSPS) is 13.2. The number of amides is 2. The number of oxazole rings is 1. The zero-order valence-electron chi connectivity index (χ0n) is 20.9. The maximum Gasteiger partial charge on any atom is 0.424 e. The summed E-state index contributed by atoms with van der Waals surface area (Å²) < 4.78 is 67.6. The molecule has 0 spiro atoms. The summed E-state index contributed by atoms with van der Waals surface area (Å²) in [7, 11) is 0. The summed E-state index contributed by atoms with van der Waals surface area (Å²) in [4.78, 5) is 32.4. The summed E-state index contributed by atoms with van der Waals surface area (Å²) in [5, 5.41) is 13.1. The number of rotatable bonds is 9. The van der Waals surface area contributed by atoms with Crippen molar-refractivity contribution >= 4 is 28.9 Å². The van der Waals surface area contributed by atoms with Crippen molar-refractivity contribution in [3.8, 4) is 17.0 Å². The number of carbonyl (C=O) groups is 2. The number of aromatic nitrogens is 2. The number of hydrogen-bond acceptors (Lipinski definition) is 8. The number of carbonyl (C=O) groups excluding carboxylic acids is 2. The second kappa shape index (κ2) is 10.8. The van der Waals surface area contributed by atoms with Crippen LogP contribution >= 0.6 is 0 Å². The van der Waals surface area contributed by atoms with Crippen LogP contribution in [0.5, 0.6) is 5.75 Å². The topological polar surface area (TPSA) is 167 Å². The number of alkyl halides is 3. The first-order chi connectivity index (χ1) is 18.8. The first-order valence-electron chi connectivity index (χ1n) is 11.8. The van der Waals surface area contributed by atoms with Gasteiger partial charge in [0.05, 0.1) is 25.3 Å². The average molecular weight is 561 g/mol. The van der Waals surface area contributed by atoms with Crippen LogP contribution in [0.25, 0.3) is 22.4 Å². The Morgan fingerprint density at radius 1 is 1.10 bits per heavy atom. The van der Waals surface area contributed by atoms with Crippen LogP contribution in [0, 0.1) is 5.82 Å². The number of primary amides is 1. The van der Waals surface area contributed by atoms with Crippen molar-refractivity contribution in [1.82, 2.24) is 15.3 Å². The van der Waals surface area contributed by atoms with Crippen molar-refractivity contribution in [3.63, 3.8) is 0 Å². The molecule has 2 amide bonds. The van der Waals surface area contributed by atoms with Gasteiger partial charge in [0.15, 0.2) is 5.58 Å². The maximum absolute atomic E-state index is 14.4. The highest BCUT2D eigenvalue weighted by molar-refractivity contribution is 5.97. The number of aliphatic hydroxyl groups is 1. The first kappa shape index (κ1) is 28.3. The van der Waals surface area contributed by atoms with E-state index in [1.54, 1.807) is 6.92 Å². The van der Waals surface area contributed by atoms with Crippen molar-refractivity contribution in [3.05, 3.63) is 71.2 Å². The van der Waals surface area contributed by atoms with Gasteiger partial charge in [0, 0.05) is 16.7 Å². The Bertz CT molecular complexity index is 1570. The lowest BCUT2D eigenvalue weighted by Crippen LogP contribution is -2.51. The molecule has 2 heterocycles. The van der Waals surface area contributed by atoms with Gasteiger partial charge >= 0.3 is 6.18 Å². The van der Waals surface area contributed by atoms with Gasteiger partial charge in [-0.25, -0.2) is 9.37 Å². The zero-order chi connectivity index (χ0) is 29.2. The third kappa shape index (κ3) is 5.66. The molecule has 0 aliphatic heterocycles. The molecule has 0 fully saturated rings. The molecule has 0 saturated heterocycles. The molecular formula is C26H23F4N5O5. The molecule has 0 unspecified atom stereocenters. The molecule has 0 saturated carbocycles. The third-order valence-corrected chi connectivity index (χ3v) is 5.88. The van der Waals surface area contributed by atoms with Crippen LogP contribution in [0.2, 0.25) is 0 Å². The third-order valence-electron chi connectivity index (χ3n) is 5.88. The van der Waals surface area contributed by atoms with E-state index >= 15 is 0 Å². The number of fused-ring (bicyclic) bond motifs is 1. The molecule has 4 rings (SSSR count). The Hall–Kier alpha value is -4.72. The number of nitrogens with one attached hydrogen (secondary N) is 1. The van der Waals surface area contributed by atoms with E-state index in [0.717, 1.165) is 18.2 Å². The fourth-order valence-electron chi connectivity index (χ4n) is 3.96. The predicted molar refractivity (Wildman–Crippen MR) is 134 cm³/mol. The minimum Gasteiger partial charge on any atom is -0.491 e. The molecule has 6 N–H and O–H groups in total. The molecule has 14 heteroatoms. The van der Waals surface area contributed by atoms with Gasteiger partial charge < -0.3 is 31.0 Å². The van der Waals surface area contributed by atoms with Gasteiger partial charge in [-0.15, -0.1) is 0 Å². The number of ether oxygens (including phenoxy) is 1. The number of nitrogen functional groups attached to an aromatic ring is 1. The van der Waals surface area contributed by atoms with Crippen molar-refractivity contribution in [2.45, 2.75) is 25.1 Å². The second-order valence-electron chi connectivity index (χ2n) is 8.70. The Balaban J connectivity index is 1.79. The molecule has 210 valence electrons. The zero-order valence-corrected chi connectivity index (χ0v) is 20.9. The smallest absolute Gasteiger partial charge is 0.424 e. The van der Waals surface area contributed by atoms with E-state index in [4.69, 9.17) is 20.6 Å². The van der Waals surface area contributed by atoms with Gasteiger partial charge in [0.2, 0.25) is 11.5 Å². The van der Waals surface area contributed by atoms with Gasteiger partial charge in [-0.2, -0.15) is 18.2 Å². The Labute approximate surface area is 224 Å². The largest absolute Gasteiger partial charge is 0.491 e. The molecule has 0 aliphatic carbocycles. The lowest BCUT2D eigenvalue weighted by molar-refractivity contribution is -0.265. The van der Waals surface area contributed by atoms with Gasteiger partial charge in [0.25, 0.3) is 11.9 Å². The number of halogens is 4. The lowest BCUT2D eigenvalue weighted by atomic mass is 9.93. The van der Waals surface area contributed by atoms with Gasteiger partial charge in [0.1, 0.15) is 22.8 Å². The number of nitrogens with zero attached hydrogens (tertiary/aromatic N) is 2. The summed E-state index contributed by atoms with van der Waals surface area (Å²) in [5.41, 5.74) is 6.36. The van der Waals surface area contributed by atoms with Crippen molar-refractivity contribution in [2.75, 3.05) is 18.9 Å². The summed E-state index contributed by atoms with van der Waals surface area (Å²) in [6.07, 6.45) is -5.91. The summed E-state index contributed by atoms with van der Waals surface area (Å²) in [6.45, 7) is 0.291. The Kier molecular flexibility index (Phi) is 7.64. The maximum atomic E-state index is 14.4. The molecule has 40 heavy (non-hydrogen) atoms. The van der Waals surface area contributed by atoms with Crippen LogP contribution in [0.4, 0.5) is 23.6 Å². The lowest BCUT2D eigenvalue weighted by Gasteiger charge is -2.31. The monoisotopic (exact) mass is 561 g/mol. The minimum absolute atomic E-state index is 0.0437. The molecule has 1 atom stereocenters.